The number of carbonyl (C=O) groups excluding carboxylic acids is 2. The third-order valence-corrected chi connectivity index (χ3v) is 5.40. The summed E-state index contributed by atoms with van der Waals surface area (Å²) in [5, 5.41) is 2.97. The van der Waals surface area contributed by atoms with E-state index < -0.39 is 0 Å². The lowest BCUT2D eigenvalue weighted by atomic mass is 10.1. The van der Waals surface area contributed by atoms with Gasteiger partial charge in [0, 0.05) is 19.4 Å². The van der Waals surface area contributed by atoms with E-state index in [1.54, 1.807) is 0 Å². The van der Waals surface area contributed by atoms with Crippen molar-refractivity contribution in [1.82, 2.24) is 5.32 Å². The van der Waals surface area contributed by atoms with Gasteiger partial charge in [0.15, 0.2) is 0 Å². The second-order valence-electron chi connectivity index (χ2n) is 8.37. The molecule has 29 heavy (non-hydrogen) atoms. The lowest BCUT2D eigenvalue weighted by Crippen LogP contribution is -2.24. The number of hydrogen-bond donors (Lipinski definition) is 1. The number of esters is 1. The average molecular weight is 412 g/mol. The van der Waals surface area contributed by atoms with Gasteiger partial charge in [0.25, 0.3) is 0 Å². The zero-order chi connectivity index (χ0) is 21.4. The van der Waals surface area contributed by atoms with Crippen LogP contribution in [-0.4, -0.2) is 25.0 Å². The summed E-state index contributed by atoms with van der Waals surface area (Å²) in [6.07, 6.45) is 21.5. The van der Waals surface area contributed by atoms with Gasteiger partial charge < -0.3 is 10.1 Å². The SMILES string of the molecule is CCCCCCCCCCCCNC(=O)CCCC(=O)OCCCCCCCC. The molecular weight excluding hydrogens is 362 g/mol. The molecule has 1 N–H and O–H groups in total. The highest BCUT2D eigenvalue weighted by Gasteiger charge is 2.06. The van der Waals surface area contributed by atoms with Crippen LogP contribution >= 0.6 is 0 Å². The topological polar surface area (TPSA) is 55.4 Å². The largest absolute Gasteiger partial charge is 0.466 e. The normalized spacial score (nSPS) is 10.8. The van der Waals surface area contributed by atoms with E-state index in [1.165, 1.54) is 83.5 Å². The van der Waals surface area contributed by atoms with Crippen molar-refractivity contribution in [1.29, 1.82) is 0 Å². The number of amides is 1. The fraction of sp³-hybridized carbons (Fsp3) is 0.920. The third kappa shape index (κ3) is 23.1. The monoisotopic (exact) mass is 411 g/mol. The van der Waals surface area contributed by atoms with Crippen molar-refractivity contribution in [2.45, 2.75) is 136 Å². The van der Waals surface area contributed by atoms with Crippen molar-refractivity contribution in [3.63, 3.8) is 0 Å². The Balaban J connectivity index is 3.29. The van der Waals surface area contributed by atoms with Gasteiger partial charge in [-0.15, -0.1) is 0 Å². The van der Waals surface area contributed by atoms with Crippen molar-refractivity contribution in [2.75, 3.05) is 13.2 Å². The van der Waals surface area contributed by atoms with Gasteiger partial charge in [-0.1, -0.05) is 104 Å². The lowest BCUT2D eigenvalue weighted by Gasteiger charge is -2.06. The van der Waals surface area contributed by atoms with Gasteiger partial charge in [0.05, 0.1) is 6.61 Å². The highest BCUT2D eigenvalue weighted by molar-refractivity contribution is 5.76. The van der Waals surface area contributed by atoms with E-state index in [-0.39, 0.29) is 11.9 Å². The molecule has 0 unspecified atom stereocenters. The quantitative estimate of drug-likeness (QED) is 0.153. The van der Waals surface area contributed by atoms with Crippen LogP contribution in [-0.2, 0) is 14.3 Å². The first-order valence-electron chi connectivity index (χ1n) is 12.6. The Morgan fingerprint density at radius 3 is 1.62 bits per heavy atom. The van der Waals surface area contributed by atoms with Gasteiger partial charge >= 0.3 is 5.97 Å². The second-order valence-corrected chi connectivity index (χ2v) is 8.37. The van der Waals surface area contributed by atoms with E-state index in [0.29, 0.717) is 25.9 Å². The van der Waals surface area contributed by atoms with E-state index in [1.807, 2.05) is 0 Å². The Morgan fingerprint density at radius 1 is 0.586 bits per heavy atom. The van der Waals surface area contributed by atoms with Crippen LogP contribution in [0.5, 0.6) is 0 Å². The van der Waals surface area contributed by atoms with Crippen LogP contribution in [0.3, 0.4) is 0 Å². The van der Waals surface area contributed by atoms with Crippen LogP contribution < -0.4 is 5.32 Å². The summed E-state index contributed by atoms with van der Waals surface area (Å²) in [5.74, 6) is -0.106. The highest BCUT2D eigenvalue weighted by Crippen LogP contribution is 2.10. The predicted molar refractivity (Wildman–Crippen MR) is 123 cm³/mol. The van der Waals surface area contributed by atoms with Gasteiger partial charge in [0.2, 0.25) is 5.91 Å². The standard InChI is InChI=1S/C25H49NO3/c1-3-5-7-9-11-12-13-14-15-17-22-26-24(27)20-19-21-25(28)29-23-18-16-10-8-6-4-2/h3-23H2,1-2H3,(H,26,27). The minimum Gasteiger partial charge on any atom is -0.466 e. The fourth-order valence-electron chi connectivity index (χ4n) is 3.46. The molecule has 0 aromatic heterocycles. The van der Waals surface area contributed by atoms with Crippen molar-refractivity contribution >= 4 is 11.9 Å². The molecule has 0 fully saturated rings. The number of unbranched alkanes of at least 4 members (excludes halogenated alkanes) is 14. The summed E-state index contributed by atoms with van der Waals surface area (Å²) in [4.78, 5) is 23.5. The average Bonchev–Trinajstić information content (AvgIpc) is 2.71. The Hall–Kier alpha value is -1.06. The van der Waals surface area contributed by atoms with E-state index in [0.717, 1.165) is 25.8 Å². The molecule has 1 amide bonds. The van der Waals surface area contributed by atoms with Crippen LogP contribution in [0.25, 0.3) is 0 Å². The molecule has 4 nitrogen and oxygen atoms in total. The maximum atomic E-state index is 11.8. The zero-order valence-corrected chi connectivity index (χ0v) is 19.6. The smallest absolute Gasteiger partial charge is 0.305 e. The van der Waals surface area contributed by atoms with E-state index in [4.69, 9.17) is 4.74 Å². The molecule has 0 saturated carbocycles. The minimum atomic E-state index is -0.166. The van der Waals surface area contributed by atoms with Crippen molar-refractivity contribution in [3.8, 4) is 0 Å². The Labute approximate surface area is 180 Å². The maximum absolute atomic E-state index is 11.8. The van der Waals surface area contributed by atoms with Gasteiger partial charge in [-0.3, -0.25) is 9.59 Å². The van der Waals surface area contributed by atoms with Crippen molar-refractivity contribution in [2.24, 2.45) is 0 Å². The van der Waals surface area contributed by atoms with E-state index in [9.17, 15) is 9.59 Å². The first kappa shape index (κ1) is 27.9. The van der Waals surface area contributed by atoms with Crippen LogP contribution in [0.15, 0.2) is 0 Å². The van der Waals surface area contributed by atoms with Crippen LogP contribution in [0, 0.1) is 0 Å². The van der Waals surface area contributed by atoms with E-state index in [2.05, 4.69) is 19.2 Å². The molecule has 0 aliphatic heterocycles. The molecular formula is C25H49NO3. The number of rotatable bonds is 22. The molecule has 172 valence electrons. The molecule has 0 aliphatic rings. The zero-order valence-electron chi connectivity index (χ0n) is 19.6. The first-order valence-corrected chi connectivity index (χ1v) is 12.6. The number of ether oxygens (including phenoxy) is 1. The molecule has 0 aromatic carbocycles. The van der Waals surface area contributed by atoms with Gasteiger partial charge in [-0.2, -0.15) is 0 Å². The molecule has 0 spiro atoms. The molecule has 0 radical (unpaired) electrons. The third-order valence-electron chi connectivity index (χ3n) is 5.40. The molecule has 0 saturated heterocycles. The van der Waals surface area contributed by atoms with Gasteiger partial charge in [0.1, 0.15) is 0 Å². The molecule has 0 aromatic rings. The van der Waals surface area contributed by atoms with Gasteiger partial charge in [-0.05, 0) is 19.3 Å². The summed E-state index contributed by atoms with van der Waals surface area (Å²) >= 11 is 0. The summed E-state index contributed by atoms with van der Waals surface area (Å²) < 4.78 is 5.23. The van der Waals surface area contributed by atoms with Gasteiger partial charge in [-0.25, -0.2) is 0 Å². The number of carbonyl (C=O) groups is 2. The summed E-state index contributed by atoms with van der Waals surface area (Å²) in [6.45, 7) is 5.75. The molecule has 0 heterocycles. The number of hydrogen-bond acceptors (Lipinski definition) is 3. The maximum Gasteiger partial charge on any atom is 0.305 e. The van der Waals surface area contributed by atoms with Crippen molar-refractivity contribution in [3.05, 3.63) is 0 Å². The fourth-order valence-corrected chi connectivity index (χ4v) is 3.46. The van der Waals surface area contributed by atoms with Crippen LogP contribution in [0.1, 0.15) is 136 Å². The highest BCUT2D eigenvalue weighted by atomic mass is 16.5. The van der Waals surface area contributed by atoms with Crippen LogP contribution in [0.2, 0.25) is 0 Å². The number of nitrogens with one attached hydrogen (secondary N) is 1. The molecule has 0 atom stereocenters. The minimum absolute atomic E-state index is 0.0599. The molecule has 0 aliphatic carbocycles. The summed E-state index contributed by atoms with van der Waals surface area (Å²) in [6, 6.07) is 0. The second kappa shape index (κ2) is 23.2. The van der Waals surface area contributed by atoms with Crippen LogP contribution in [0.4, 0.5) is 0 Å². The lowest BCUT2D eigenvalue weighted by molar-refractivity contribution is -0.143. The Morgan fingerprint density at radius 2 is 1.07 bits per heavy atom. The van der Waals surface area contributed by atoms with Crippen molar-refractivity contribution < 1.29 is 14.3 Å². The Bertz CT molecular complexity index is 371. The summed E-state index contributed by atoms with van der Waals surface area (Å²) in [7, 11) is 0. The Kier molecular flexibility index (Phi) is 22.4. The molecule has 0 rings (SSSR count). The first-order chi connectivity index (χ1) is 14.2. The predicted octanol–water partition coefficient (Wildman–Crippen LogP) is 7.10. The molecule has 4 heteroatoms. The molecule has 0 bridgehead atoms. The van der Waals surface area contributed by atoms with E-state index >= 15 is 0 Å². The summed E-state index contributed by atoms with van der Waals surface area (Å²) in [5.41, 5.74) is 0.